The minimum atomic E-state index is -0.529. The van der Waals surface area contributed by atoms with Crippen molar-refractivity contribution in [1.29, 1.82) is 0 Å². The molecule has 0 radical (unpaired) electrons. The number of thiazole rings is 1. The molecule has 8 heteroatoms. The van der Waals surface area contributed by atoms with Crippen LogP contribution in [0.5, 0.6) is 5.75 Å². The van der Waals surface area contributed by atoms with Gasteiger partial charge in [-0.25, -0.2) is 9.78 Å². The average molecular weight is 395 g/mol. The van der Waals surface area contributed by atoms with E-state index in [1.807, 2.05) is 41.9 Å². The SMILES string of the molecule is COc1ccccc1-c1nc(COC(=O)c2ccc(Cn3cccn3)o2)cs1. The number of carbonyl (C=O) groups is 1. The van der Waals surface area contributed by atoms with Crippen molar-refractivity contribution in [3.05, 3.63) is 77.5 Å². The Kier molecular flexibility index (Phi) is 5.20. The number of carbonyl (C=O) groups excluding carboxylic acids is 1. The van der Waals surface area contributed by atoms with Crippen molar-refractivity contribution in [1.82, 2.24) is 14.8 Å². The van der Waals surface area contributed by atoms with Gasteiger partial charge in [0.05, 0.1) is 24.9 Å². The predicted molar refractivity (Wildman–Crippen MR) is 103 cm³/mol. The number of hydrogen-bond donors (Lipinski definition) is 0. The number of rotatable bonds is 7. The van der Waals surface area contributed by atoms with E-state index in [2.05, 4.69) is 10.1 Å². The van der Waals surface area contributed by atoms with Crippen molar-refractivity contribution in [2.45, 2.75) is 13.2 Å². The lowest BCUT2D eigenvalue weighted by Crippen LogP contribution is -2.04. The molecule has 1 aromatic carbocycles. The standard InChI is InChI=1S/C20H17N3O4S/c1-25-17-6-3-2-5-16(17)19-22-14(13-28-19)12-26-20(24)18-8-7-15(27-18)11-23-10-4-9-21-23/h2-10,13H,11-12H2,1H3. The van der Waals surface area contributed by atoms with E-state index in [9.17, 15) is 4.79 Å². The van der Waals surface area contributed by atoms with Crippen molar-refractivity contribution < 1.29 is 18.7 Å². The molecule has 0 spiro atoms. The second-order valence-electron chi connectivity index (χ2n) is 5.89. The van der Waals surface area contributed by atoms with Gasteiger partial charge in [-0.1, -0.05) is 12.1 Å². The summed E-state index contributed by atoms with van der Waals surface area (Å²) >= 11 is 1.47. The molecule has 28 heavy (non-hydrogen) atoms. The number of esters is 1. The van der Waals surface area contributed by atoms with Gasteiger partial charge in [0, 0.05) is 17.8 Å². The quantitative estimate of drug-likeness (QED) is 0.440. The van der Waals surface area contributed by atoms with Gasteiger partial charge in [-0.15, -0.1) is 11.3 Å². The van der Waals surface area contributed by atoms with Crippen LogP contribution in [0.3, 0.4) is 0 Å². The van der Waals surface area contributed by atoms with Crippen LogP contribution >= 0.6 is 11.3 Å². The molecule has 142 valence electrons. The summed E-state index contributed by atoms with van der Waals surface area (Å²) in [5.74, 6) is 1.00. The smallest absolute Gasteiger partial charge is 0.374 e. The molecule has 0 N–H and O–H groups in total. The van der Waals surface area contributed by atoms with Gasteiger partial charge < -0.3 is 13.9 Å². The number of methoxy groups -OCH3 is 1. The summed E-state index contributed by atoms with van der Waals surface area (Å²) in [6, 6.07) is 12.8. The molecular formula is C20H17N3O4S. The van der Waals surface area contributed by atoms with Crippen LogP contribution in [0.2, 0.25) is 0 Å². The van der Waals surface area contributed by atoms with E-state index in [4.69, 9.17) is 13.9 Å². The Hall–Kier alpha value is -3.39. The second-order valence-corrected chi connectivity index (χ2v) is 6.75. The van der Waals surface area contributed by atoms with E-state index in [0.29, 0.717) is 18.0 Å². The maximum absolute atomic E-state index is 12.2. The first-order valence-corrected chi connectivity index (χ1v) is 9.42. The lowest BCUT2D eigenvalue weighted by atomic mass is 10.2. The lowest BCUT2D eigenvalue weighted by Gasteiger charge is -2.04. The first-order valence-electron chi connectivity index (χ1n) is 8.54. The molecule has 4 rings (SSSR count). The number of para-hydroxylation sites is 1. The Bertz CT molecular complexity index is 1070. The predicted octanol–water partition coefficient (Wildman–Crippen LogP) is 4.01. The van der Waals surface area contributed by atoms with Crippen LogP contribution in [-0.2, 0) is 17.9 Å². The molecule has 0 atom stereocenters. The van der Waals surface area contributed by atoms with Crippen molar-refractivity contribution in [3.8, 4) is 16.3 Å². The highest BCUT2D eigenvalue weighted by atomic mass is 32.1. The van der Waals surface area contributed by atoms with Crippen molar-refractivity contribution in [2.75, 3.05) is 7.11 Å². The van der Waals surface area contributed by atoms with Gasteiger partial charge in [-0.2, -0.15) is 5.10 Å². The summed E-state index contributed by atoms with van der Waals surface area (Å²) in [6.45, 7) is 0.522. The summed E-state index contributed by atoms with van der Waals surface area (Å²) in [5, 5.41) is 6.78. The largest absolute Gasteiger partial charge is 0.496 e. The van der Waals surface area contributed by atoms with Gasteiger partial charge in [0.15, 0.2) is 0 Å². The maximum atomic E-state index is 12.2. The molecule has 0 amide bonds. The number of benzene rings is 1. The Morgan fingerprint density at radius 1 is 1.21 bits per heavy atom. The third-order valence-electron chi connectivity index (χ3n) is 3.98. The fourth-order valence-corrected chi connectivity index (χ4v) is 3.49. The molecule has 3 aromatic heterocycles. The number of nitrogens with zero attached hydrogens (tertiary/aromatic N) is 3. The summed E-state index contributed by atoms with van der Waals surface area (Å²) in [4.78, 5) is 16.8. The van der Waals surface area contributed by atoms with E-state index >= 15 is 0 Å². The zero-order chi connectivity index (χ0) is 19.3. The van der Waals surface area contributed by atoms with E-state index in [0.717, 1.165) is 16.3 Å². The maximum Gasteiger partial charge on any atom is 0.374 e. The van der Waals surface area contributed by atoms with Gasteiger partial charge >= 0.3 is 5.97 Å². The van der Waals surface area contributed by atoms with Crippen molar-refractivity contribution in [3.63, 3.8) is 0 Å². The molecule has 0 saturated heterocycles. The molecule has 0 unspecified atom stereocenters. The fraction of sp³-hybridized carbons (Fsp3) is 0.150. The van der Waals surface area contributed by atoms with Crippen LogP contribution in [0.15, 0.2) is 64.7 Å². The van der Waals surface area contributed by atoms with E-state index in [-0.39, 0.29) is 12.4 Å². The molecule has 7 nitrogen and oxygen atoms in total. The highest BCUT2D eigenvalue weighted by molar-refractivity contribution is 7.13. The number of ether oxygens (including phenoxy) is 2. The van der Waals surface area contributed by atoms with Gasteiger partial charge in [-0.3, -0.25) is 4.68 Å². The number of furan rings is 1. The second kappa shape index (κ2) is 8.10. The Labute approximate surface area is 165 Å². The normalized spacial score (nSPS) is 10.8. The third-order valence-corrected chi connectivity index (χ3v) is 4.90. The molecule has 4 aromatic rings. The van der Waals surface area contributed by atoms with Crippen molar-refractivity contribution >= 4 is 17.3 Å². The van der Waals surface area contributed by atoms with Crippen LogP contribution in [0.25, 0.3) is 10.6 Å². The van der Waals surface area contributed by atoms with E-state index < -0.39 is 5.97 Å². The van der Waals surface area contributed by atoms with Crippen LogP contribution in [0, 0.1) is 0 Å². The average Bonchev–Trinajstić information content (AvgIpc) is 3.48. The highest BCUT2D eigenvalue weighted by Crippen LogP contribution is 2.32. The van der Waals surface area contributed by atoms with Crippen LogP contribution in [-0.4, -0.2) is 27.8 Å². The Balaban J connectivity index is 1.38. The monoisotopic (exact) mass is 395 g/mol. The third kappa shape index (κ3) is 3.96. The van der Waals surface area contributed by atoms with E-state index in [1.54, 1.807) is 30.1 Å². The molecule has 0 aliphatic heterocycles. The van der Waals surface area contributed by atoms with Gasteiger partial charge in [-0.05, 0) is 30.3 Å². The molecule has 0 bridgehead atoms. The van der Waals surface area contributed by atoms with Crippen LogP contribution < -0.4 is 4.74 Å². The molecule has 0 saturated carbocycles. The lowest BCUT2D eigenvalue weighted by molar-refractivity contribution is 0.0429. The van der Waals surface area contributed by atoms with Gasteiger partial charge in [0.2, 0.25) is 5.76 Å². The minimum Gasteiger partial charge on any atom is -0.496 e. The van der Waals surface area contributed by atoms with Gasteiger partial charge in [0.25, 0.3) is 0 Å². The minimum absolute atomic E-state index is 0.0691. The van der Waals surface area contributed by atoms with Crippen molar-refractivity contribution in [2.24, 2.45) is 0 Å². The zero-order valence-corrected chi connectivity index (χ0v) is 15.9. The first-order chi connectivity index (χ1) is 13.7. The Morgan fingerprint density at radius 3 is 2.93 bits per heavy atom. The molecule has 0 aliphatic carbocycles. The summed E-state index contributed by atoms with van der Waals surface area (Å²) < 4.78 is 17.9. The fourth-order valence-electron chi connectivity index (χ4n) is 2.66. The zero-order valence-electron chi connectivity index (χ0n) is 15.1. The highest BCUT2D eigenvalue weighted by Gasteiger charge is 2.15. The van der Waals surface area contributed by atoms with Crippen LogP contribution in [0.4, 0.5) is 0 Å². The number of hydrogen-bond acceptors (Lipinski definition) is 7. The summed E-state index contributed by atoms with van der Waals surface area (Å²) in [7, 11) is 1.62. The summed E-state index contributed by atoms with van der Waals surface area (Å²) in [6.07, 6.45) is 3.51. The molecular weight excluding hydrogens is 378 g/mol. The Morgan fingerprint density at radius 2 is 2.11 bits per heavy atom. The molecule has 0 aliphatic rings. The topological polar surface area (TPSA) is 79.4 Å². The number of aromatic nitrogens is 3. The molecule has 0 fully saturated rings. The van der Waals surface area contributed by atoms with Crippen LogP contribution in [0.1, 0.15) is 22.0 Å². The molecule has 3 heterocycles. The first kappa shape index (κ1) is 18.0. The van der Waals surface area contributed by atoms with E-state index in [1.165, 1.54) is 11.3 Å². The summed E-state index contributed by atoms with van der Waals surface area (Å²) in [5.41, 5.74) is 1.57. The van der Waals surface area contributed by atoms with Gasteiger partial charge in [0.1, 0.15) is 23.1 Å².